The van der Waals surface area contributed by atoms with E-state index in [-0.39, 0.29) is 17.7 Å². The van der Waals surface area contributed by atoms with Crippen molar-refractivity contribution in [1.82, 2.24) is 4.90 Å². The van der Waals surface area contributed by atoms with Crippen LogP contribution < -0.4 is 10.6 Å². The molecule has 108 valence electrons. The smallest absolute Gasteiger partial charge is 0.240 e. The fourth-order valence-corrected chi connectivity index (χ4v) is 2.47. The molecular formula is C15H21N3O2. The maximum atomic E-state index is 12.2. The number of piperidine rings is 1. The molecule has 0 unspecified atom stereocenters. The lowest BCUT2D eigenvalue weighted by molar-refractivity contribution is -0.123. The molecule has 2 amide bonds. The molecule has 2 rings (SSSR count). The van der Waals surface area contributed by atoms with E-state index in [4.69, 9.17) is 5.73 Å². The van der Waals surface area contributed by atoms with Crippen molar-refractivity contribution in [2.24, 2.45) is 11.7 Å². The second-order valence-corrected chi connectivity index (χ2v) is 5.24. The summed E-state index contributed by atoms with van der Waals surface area (Å²) in [5.74, 6) is -0.195. The maximum absolute atomic E-state index is 12.2. The van der Waals surface area contributed by atoms with Crippen molar-refractivity contribution in [3.05, 3.63) is 30.3 Å². The Balaban J connectivity index is 1.85. The molecule has 1 aromatic rings. The number of para-hydroxylation sites is 1. The van der Waals surface area contributed by atoms with Crippen LogP contribution in [0, 0.1) is 5.92 Å². The number of likely N-dealkylation sites (tertiary alicyclic amines) is 1. The molecule has 20 heavy (non-hydrogen) atoms. The highest BCUT2D eigenvalue weighted by molar-refractivity contribution is 5.94. The van der Waals surface area contributed by atoms with E-state index in [0.29, 0.717) is 6.54 Å². The predicted molar refractivity (Wildman–Crippen MR) is 78.2 cm³/mol. The van der Waals surface area contributed by atoms with Gasteiger partial charge in [-0.25, -0.2) is 0 Å². The predicted octanol–water partition coefficient (Wildman–Crippen LogP) is 0.847. The van der Waals surface area contributed by atoms with Crippen molar-refractivity contribution in [2.75, 3.05) is 31.6 Å². The van der Waals surface area contributed by atoms with Gasteiger partial charge in [-0.1, -0.05) is 18.2 Å². The van der Waals surface area contributed by atoms with Crippen molar-refractivity contribution >= 4 is 17.5 Å². The first kappa shape index (κ1) is 14.5. The maximum Gasteiger partial charge on any atom is 0.240 e. The summed E-state index contributed by atoms with van der Waals surface area (Å²) < 4.78 is 0. The minimum absolute atomic E-state index is 0.0341. The van der Waals surface area contributed by atoms with E-state index in [1.807, 2.05) is 30.3 Å². The molecule has 0 radical (unpaired) electrons. The van der Waals surface area contributed by atoms with Crippen LogP contribution in [-0.2, 0) is 9.59 Å². The van der Waals surface area contributed by atoms with E-state index in [1.54, 1.807) is 11.9 Å². The van der Waals surface area contributed by atoms with Crippen LogP contribution in [0.4, 0.5) is 5.69 Å². The molecule has 0 aromatic heterocycles. The Hall–Kier alpha value is -1.88. The number of nitrogens with two attached hydrogens (primary N) is 1. The Kier molecular flexibility index (Phi) is 4.74. The van der Waals surface area contributed by atoms with E-state index in [0.717, 1.165) is 31.6 Å². The number of benzene rings is 1. The first-order valence-corrected chi connectivity index (χ1v) is 6.91. The zero-order valence-corrected chi connectivity index (χ0v) is 11.8. The molecule has 5 heteroatoms. The van der Waals surface area contributed by atoms with Crippen molar-refractivity contribution in [3.8, 4) is 0 Å². The van der Waals surface area contributed by atoms with E-state index < -0.39 is 0 Å². The summed E-state index contributed by atoms with van der Waals surface area (Å²) in [6, 6.07) is 9.58. The van der Waals surface area contributed by atoms with E-state index >= 15 is 0 Å². The molecular weight excluding hydrogens is 254 g/mol. The molecule has 0 spiro atoms. The second kappa shape index (κ2) is 6.52. The van der Waals surface area contributed by atoms with Gasteiger partial charge in [0, 0.05) is 18.7 Å². The number of anilines is 1. The summed E-state index contributed by atoms with van der Waals surface area (Å²) in [6.45, 7) is 1.89. The molecule has 1 aromatic carbocycles. The summed E-state index contributed by atoms with van der Waals surface area (Å²) in [7, 11) is 1.79. The van der Waals surface area contributed by atoms with Gasteiger partial charge in [0.25, 0.3) is 0 Å². The Labute approximate surface area is 119 Å². The summed E-state index contributed by atoms with van der Waals surface area (Å²) in [5, 5.41) is 0. The monoisotopic (exact) mass is 275 g/mol. The zero-order valence-electron chi connectivity index (χ0n) is 11.8. The van der Waals surface area contributed by atoms with Crippen molar-refractivity contribution < 1.29 is 9.59 Å². The van der Waals surface area contributed by atoms with Crippen LogP contribution in [0.25, 0.3) is 0 Å². The Morgan fingerprint density at radius 1 is 1.25 bits per heavy atom. The number of likely N-dealkylation sites (N-methyl/N-ethyl adjacent to an activating group) is 1. The normalized spacial score (nSPS) is 16.9. The Morgan fingerprint density at radius 3 is 2.40 bits per heavy atom. The largest absolute Gasteiger partial charge is 0.369 e. The lowest BCUT2D eigenvalue weighted by atomic mass is 9.96. The van der Waals surface area contributed by atoms with Crippen molar-refractivity contribution in [2.45, 2.75) is 12.8 Å². The molecule has 1 aliphatic rings. The number of hydrogen-bond acceptors (Lipinski definition) is 3. The van der Waals surface area contributed by atoms with Crippen LogP contribution in [0.1, 0.15) is 12.8 Å². The van der Waals surface area contributed by atoms with Gasteiger partial charge < -0.3 is 10.6 Å². The zero-order chi connectivity index (χ0) is 14.5. The van der Waals surface area contributed by atoms with Crippen LogP contribution >= 0.6 is 0 Å². The number of nitrogens with zero attached hydrogens (tertiary/aromatic N) is 2. The molecule has 0 bridgehead atoms. The molecule has 1 fully saturated rings. The van der Waals surface area contributed by atoms with Gasteiger partial charge in [-0.2, -0.15) is 0 Å². The highest BCUT2D eigenvalue weighted by Crippen LogP contribution is 2.17. The lowest BCUT2D eigenvalue weighted by Gasteiger charge is -2.31. The number of carbonyl (C=O) groups excluding carboxylic acids is 2. The molecule has 0 aliphatic carbocycles. The number of amides is 2. The molecule has 0 atom stereocenters. The minimum Gasteiger partial charge on any atom is -0.369 e. The number of primary amides is 1. The quantitative estimate of drug-likeness (QED) is 0.885. The first-order chi connectivity index (χ1) is 9.58. The highest BCUT2D eigenvalue weighted by Gasteiger charge is 2.25. The SMILES string of the molecule is CN(C(=O)CN1CCC(C(N)=O)CC1)c1ccccc1. The molecule has 2 N–H and O–H groups in total. The van der Waals surface area contributed by atoms with Crippen LogP contribution in [0.5, 0.6) is 0 Å². The molecule has 1 heterocycles. The van der Waals surface area contributed by atoms with Gasteiger partial charge in [0.2, 0.25) is 11.8 Å². The number of hydrogen-bond donors (Lipinski definition) is 1. The third-order valence-electron chi connectivity index (χ3n) is 3.87. The number of rotatable bonds is 4. The van der Waals surface area contributed by atoms with Gasteiger partial charge >= 0.3 is 0 Å². The third-order valence-corrected chi connectivity index (χ3v) is 3.87. The summed E-state index contributed by atoms with van der Waals surface area (Å²) in [6.07, 6.45) is 1.50. The second-order valence-electron chi connectivity index (χ2n) is 5.24. The van der Waals surface area contributed by atoms with Gasteiger partial charge in [0.05, 0.1) is 6.54 Å². The van der Waals surface area contributed by atoms with Gasteiger partial charge in [-0.05, 0) is 38.1 Å². The first-order valence-electron chi connectivity index (χ1n) is 6.91. The lowest BCUT2D eigenvalue weighted by Crippen LogP contribution is -2.44. The summed E-state index contributed by atoms with van der Waals surface area (Å²) >= 11 is 0. The minimum atomic E-state index is -0.225. The van der Waals surface area contributed by atoms with Gasteiger partial charge in [-0.15, -0.1) is 0 Å². The van der Waals surface area contributed by atoms with Gasteiger partial charge in [0.15, 0.2) is 0 Å². The molecule has 1 aliphatic heterocycles. The summed E-state index contributed by atoms with van der Waals surface area (Å²) in [4.78, 5) is 27.1. The van der Waals surface area contributed by atoms with Gasteiger partial charge in [-0.3, -0.25) is 14.5 Å². The molecule has 1 saturated heterocycles. The highest BCUT2D eigenvalue weighted by atomic mass is 16.2. The third kappa shape index (κ3) is 3.57. The van der Waals surface area contributed by atoms with Crippen LogP contribution in [0.3, 0.4) is 0 Å². The topological polar surface area (TPSA) is 66.6 Å². The van der Waals surface area contributed by atoms with E-state index in [2.05, 4.69) is 4.90 Å². The Morgan fingerprint density at radius 2 is 1.85 bits per heavy atom. The van der Waals surface area contributed by atoms with Crippen LogP contribution in [-0.4, -0.2) is 43.4 Å². The average molecular weight is 275 g/mol. The fourth-order valence-electron chi connectivity index (χ4n) is 2.47. The van der Waals surface area contributed by atoms with Crippen LogP contribution in [0.15, 0.2) is 30.3 Å². The summed E-state index contributed by atoms with van der Waals surface area (Å²) in [5.41, 5.74) is 6.20. The standard InChI is InChI=1S/C15H21N3O2/c1-17(13-5-3-2-4-6-13)14(19)11-18-9-7-12(8-10-18)15(16)20/h2-6,12H,7-11H2,1H3,(H2,16,20). The molecule has 5 nitrogen and oxygen atoms in total. The molecule has 0 saturated carbocycles. The van der Waals surface area contributed by atoms with Crippen molar-refractivity contribution in [1.29, 1.82) is 0 Å². The average Bonchev–Trinajstić information content (AvgIpc) is 2.48. The van der Waals surface area contributed by atoms with E-state index in [1.165, 1.54) is 0 Å². The fraction of sp³-hybridized carbons (Fsp3) is 0.467. The van der Waals surface area contributed by atoms with Gasteiger partial charge in [0.1, 0.15) is 0 Å². The Bertz CT molecular complexity index is 467. The van der Waals surface area contributed by atoms with Crippen LogP contribution in [0.2, 0.25) is 0 Å². The number of carbonyl (C=O) groups is 2. The van der Waals surface area contributed by atoms with E-state index in [9.17, 15) is 9.59 Å². The van der Waals surface area contributed by atoms with Crippen molar-refractivity contribution in [3.63, 3.8) is 0 Å².